The molecule has 2 aromatic rings. The number of amides is 1. The maximum absolute atomic E-state index is 13.0. The number of hydrogen-bond acceptors (Lipinski definition) is 5. The Morgan fingerprint density at radius 3 is 2.57 bits per heavy atom. The van der Waals surface area contributed by atoms with Gasteiger partial charge in [-0.1, -0.05) is 0 Å². The fourth-order valence-corrected chi connectivity index (χ4v) is 3.64. The molecule has 0 saturated carbocycles. The van der Waals surface area contributed by atoms with Crippen LogP contribution >= 0.6 is 0 Å². The number of nitrogens with one attached hydrogen (secondary N) is 1. The van der Waals surface area contributed by atoms with Crippen molar-refractivity contribution < 1.29 is 32.6 Å². The summed E-state index contributed by atoms with van der Waals surface area (Å²) < 4.78 is 41.3. The fourth-order valence-electron chi connectivity index (χ4n) is 3.64. The number of piperidine rings is 1. The Kier molecular flexibility index (Phi) is 5.73. The first-order chi connectivity index (χ1) is 13.3. The van der Waals surface area contributed by atoms with Gasteiger partial charge in [0.15, 0.2) is 5.69 Å². The van der Waals surface area contributed by atoms with Crippen LogP contribution in [0.3, 0.4) is 0 Å². The number of alkyl halides is 3. The number of benzene rings is 1. The van der Waals surface area contributed by atoms with Gasteiger partial charge in [-0.15, -0.1) is 13.2 Å². The standard InChI is InChI=1S/C16H17F3N4O2.CH2O2/c17-16(18,19)25-11-1-2-13-12(9-11)14(21-20-13)15(24)23-8-7-22-5-3-10(23)4-6-22;2-1-3/h1-2,9-10H,3-8H2,(H,20,21);1H,(H,2,3). The summed E-state index contributed by atoms with van der Waals surface area (Å²) in [6, 6.07) is 3.99. The SMILES string of the molecule is O=C(c1n[nH]c2ccc(OC(F)(F)F)cc12)N1CCN2CCC1CC2.O=CO. The van der Waals surface area contributed by atoms with Gasteiger partial charge in [-0.25, -0.2) is 0 Å². The van der Waals surface area contributed by atoms with Crippen LogP contribution in [0.25, 0.3) is 10.9 Å². The number of aromatic nitrogens is 2. The van der Waals surface area contributed by atoms with Crippen LogP contribution < -0.4 is 4.74 Å². The fraction of sp³-hybridized carbons (Fsp3) is 0.471. The smallest absolute Gasteiger partial charge is 0.483 e. The number of carboxylic acid groups (broad SMARTS) is 1. The minimum atomic E-state index is -4.78. The molecule has 152 valence electrons. The summed E-state index contributed by atoms with van der Waals surface area (Å²) in [5, 5.41) is 14.0. The number of carbonyl (C=O) groups is 2. The van der Waals surface area contributed by atoms with Gasteiger partial charge in [0.2, 0.25) is 0 Å². The van der Waals surface area contributed by atoms with Crippen LogP contribution in [-0.2, 0) is 4.79 Å². The molecular formula is C17H19F3N4O4. The molecule has 8 nitrogen and oxygen atoms in total. The molecule has 3 fully saturated rings. The first-order valence-corrected chi connectivity index (χ1v) is 8.67. The first-order valence-electron chi connectivity index (χ1n) is 8.67. The predicted octanol–water partition coefficient (Wildman–Crippen LogP) is 2.08. The number of H-pyrrole nitrogens is 1. The monoisotopic (exact) mass is 400 g/mol. The third-order valence-electron chi connectivity index (χ3n) is 4.89. The van der Waals surface area contributed by atoms with E-state index >= 15 is 0 Å². The molecule has 1 aromatic heterocycles. The molecule has 0 radical (unpaired) electrons. The van der Waals surface area contributed by atoms with E-state index in [9.17, 15) is 18.0 Å². The largest absolute Gasteiger partial charge is 0.573 e. The van der Waals surface area contributed by atoms with E-state index in [4.69, 9.17) is 9.90 Å². The van der Waals surface area contributed by atoms with E-state index in [2.05, 4.69) is 19.8 Å². The zero-order valence-corrected chi connectivity index (χ0v) is 14.8. The van der Waals surface area contributed by atoms with E-state index in [-0.39, 0.29) is 29.9 Å². The Balaban J connectivity index is 0.000000706. The van der Waals surface area contributed by atoms with Crippen molar-refractivity contribution in [1.82, 2.24) is 20.0 Å². The molecule has 0 atom stereocenters. The van der Waals surface area contributed by atoms with Crippen molar-refractivity contribution in [3.8, 4) is 5.75 Å². The summed E-state index contributed by atoms with van der Waals surface area (Å²) in [5.74, 6) is -0.609. The maximum atomic E-state index is 13.0. The molecule has 0 spiro atoms. The minimum Gasteiger partial charge on any atom is -0.483 e. The van der Waals surface area contributed by atoms with Crippen LogP contribution in [0.2, 0.25) is 0 Å². The van der Waals surface area contributed by atoms with Crippen molar-refractivity contribution in [2.24, 2.45) is 0 Å². The second-order valence-corrected chi connectivity index (χ2v) is 6.50. The second kappa shape index (κ2) is 8.05. The molecule has 3 aliphatic heterocycles. The molecule has 3 saturated heterocycles. The molecule has 3 aliphatic rings. The highest BCUT2D eigenvalue weighted by Gasteiger charge is 2.34. The Morgan fingerprint density at radius 1 is 1.25 bits per heavy atom. The number of fused-ring (bicyclic) bond motifs is 5. The summed E-state index contributed by atoms with van der Waals surface area (Å²) in [6.45, 7) is 3.11. The molecule has 1 aromatic carbocycles. The van der Waals surface area contributed by atoms with Crippen LogP contribution in [0.5, 0.6) is 5.75 Å². The predicted molar refractivity (Wildman–Crippen MR) is 92.0 cm³/mol. The van der Waals surface area contributed by atoms with Crippen LogP contribution in [0, 0.1) is 0 Å². The number of nitrogens with zero attached hydrogens (tertiary/aromatic N) is 3. The van der Waals surface area contributed by atoms with Gasteiger partial charge in [0.1, 0.15) is 5.75 Å². The van der Waals surface area contributed by atoms with Crippen molar-refractivity contribution in [3.63, 3.8) is 0 Å². The van der Waals surface area contributed by atoms with Crippen LogP contribution in [0.1, 0.15) is 23.3 Å². The van der Waals surface area contributed by atoms with Crippen LogP contribution in [0.4, 0.5) is 13.2 Å². The molecule has 28 heavy (non-hydrogen) atoms. The summed E-state index contributed by atoms with van der Waals surface area (Å²) in [5.41, 5.74) is 0.642. The molecule has 0 aliphatic carbocycles. The van der Waals surface area contributed by atoms with E-state index in [0.29, 0.717) is 17.4 Å². The normalized spacial score (nSPS) is 21.6. The third-order valence-corrected chi connectivity index (χ3v) is 4.89. The lowest BCUT2D eigenvalue weighted by Crippen LogP contribution is -2.41. The minimum absolute atomic E-state index is 0.142. The lowest BCUT2D eigenvalue weighted by atomic mass is 10.0. The Morgan fingerprint density at radius 2 is 1.93 bits per heavy atom. The van der Waals surface area contributed by atoms with Gasteiger partial charge in [0.25, 0.3) is 12.4 Å². The van der Waals surface area contributed by atoms with Crippen LogP contribution in [-0.4, -0.2) is 76.1 Å². The van der Waals surface area contributed by atoms with E-state index < -0.39 is 6.36 Å². The van der Waals surface area contributed by atoms with Gasteiger partial charge in [-0.05, 0) is 31.0 Å². The average molecular weight is 400 g/mol. The number of carbonyl (C=O) groups excluding carboxylic acids is 1. The molecule has 4 heterocycles. The highest BCUT2D eigenvalue weighted by atomic mass is 19.4. The number of halogens is 3. The summed E-state index contributed by atoms with van der Waals surface area (Å²) >= 11 is 0. The first kappa shape index (κ1) is 19.9. The van der Waals surface area contributed by atoms with Gasteiger partial charge in [-0.2, -0.15) is 5.10 Å². The van der Waals surface area contributed by atoms with E-state index in [1.54, 1.807) is 4.90 Å². The number of rotatable bonds is 2. The lowest BCUT2D eigenvalue weighted by Gasteiger charge is -2.31. The highest BCUT2D eigenvalue weighted by molar-refractivity contribution is 6.05. The van der Waals surface area contributed by atoms with Crippen molar-refractivity contribution in [2.45, 2.75) is 25.2 Å². The zero-order chi connectivity index (χ0) is 20.3. The van der Waals surface area contributed by atoms with Crippen molar-refractivity contribution in [2.75, 3.05) is 26.2 Å². The summed E-state index contributed by atoms with van der Waals surface area (Å²) in [6.07, 6.45) is -2.95. The molecule has 1 amide bonds. The van der Waals surface area contributed by atoms with Gasteiger partial charge >= 0.3 is 6.36 Å². The second-order valence-electron chi connectivity index (χ2n) is 6.50. The highest BCUT2D eigenvalue weighted by Crippen LogP contribution is 2.29. The summed E-state index contributed by atoms with van der Waals surface area (Å²) in [7, 11) is 0. The van der Waals surface area contributed by atoms with Gasteiger partial charge in [-0.3, -0.25) is 14.7 Å². The Hall–Kier alpha value is -2.82. The third kappa shape index (κ3) is 4.35. The molecule has 11 heteroatoms. The number of hydrogen-bond donors (Lipinski definition) is 2. The van der Waals surface area contributed by atoms with E-state index in [1.165, 1.54) is 18.2 Å². The molecule has 0 unspecified atom stereocenters. The van der Waals surface area contributed by atoms with Crippen molar-refractivity contribution in [1.29, 1.82) is 0 Å². The summed E-state index contributed by atoms with van der Waals surface area (Å²) in [4.78, 5) is 25.5. The Labute approximate surface area is 157 Å². The molecule has 2 bridgehead atoms. The topological polar surface area (TPSA) is 98.8 Å². The average Bonchev–Trinajstić information content (AvgIpc) is 2.81. The van der Waals surface area contributed by atoms with E-state index in [0.717, 1.165) is 32.5 Å². The van der Waals surface area contributed by atoms with Gasteiger partial charge in [0, 0.05) is 37.6 Å². The molecule has 2 N–H and O–H groups in total. The number of aromatic amines is 1. The van der Waals surface area contributed by atoms with Crippen LogP contribution in [0.15, 0.2) is 18.2 Å². The quantitative estimate of drug-likeness (QED) is 0.749. The maximum Gasteiger partial charge on any atom is 0.573 e. The molecule has 5 rings (SSSR count). The van der Waals surface area contributed by atoms with Crippen molar-refractivity contribution >= 4 is 23.3 Å². The zero-order valence-electron chi connectivity index (χ0n) is 14.8. The Bertz CT molecular complexity index is 847. The van der Waals surface area contributed by atoms with Crippen molar-refractivity contribution in [3.05, 3.63) is 23.9 Å². The lowest BCUT2D eigenvalue weighted by molar-refractivity contribution is -0.274. The van der Waals surface area contributed by atoms with Gasteiger partial charge < -0.3 is 19.6 Å². The van der Waals surface area contributed by atoms with Gasteiger partial charge in [0.05, 0.1) is 5.52 Å². The van der Waals surface area contributed by atoms with E-state index in [1.807, 2.05) is 0 Å². The molecular weight excluding hydrogens is 381 g/mol. The number of ether oxygens (including phenoxy) is 1.